The third-order valence-electron chi connectivity index (χ3n) is 5.33. The molecule has 148 valence electrons. The van der Waals surface area contributed by atoms with Gasteiger partial charge in [0.2, 0.25) is 5.91 Å². The lowest BCUT2D eigenvalue weighted by molar-refractivity contribution is -0.121. The zero-order chi connectivity index (χ0) is 19.0. The van der Waals surface area contributed by atoms with E-state index >= 15 is 0 Å². The maximum absolute atomic E-state index is 14.4. The Kier molecular flexibility index (Phi) is 6.01. The largest absolute Gasteiger partial charge is 0.308 e. The molecule has 28 heavy (non-hydrogen) atoms. The highest BCUT2D eigenvalue weighted by molar-refractivity contribution is 6.01. The van der Waals surface area contributed by atoms with E-state index < -0.39 is 0 Å². The number of fused-ring (bicyclic) bond motifs is 1. The monoisotopic (exact) mass is 402 g/mol. The Labute approximate surface area is 169 Å². The Morgan fingerprint density at radius 2 is 1.96 bits per heavy atom. The minimum Gasteiger partial charge on any atom is -0.308 e. The smallest absolute Gasteiger partial charge is 0.228 e. The number of aromatic amines is 1. The summed E-state index contributed by atoms with van der Waals surface area (Å²) in [6, 6.07) is 10.8. The van der Waals surface area contributed by atoms with Crippen molar-refractivity contribution in [1.29, 1.82) is 0 Å². The number of carbonyl (C=O) groups excluding carboxylic acids is 1. The summed E-state index contributed by atoms with van der Waals surface area (Å²) in [5, 5.41) is 10.9. The van der Waals surface area contributed by atoms with E-state index in [0.29, 0.717) is 11.4 Å². The van der Waals surface area contributed by atoms with Crippen LogP contribution in [0.4, 0.5) is 10.2 Å². The van der Waals surface area contributed by atoms with Gasteiger partial charge in [0.25, 0.3) is 0 Å². The van der Waals surface area contributed by atoms with Crippen LogP contribution in [0, 0.1) is 18.7 Å². The summed E-state index contributed by atoms with van der Waals surface area (Å²) in [6.45, 7) is 3.72. The van der Waals surface area contributed by atoms with E-state index in [4.69, 9.17) is 0 Å². The molecule has 4 rings (SSSR count). The van der Waals surface area contributed by atoms with Gasteiger partial charge in [0.1, 0.15) is 5.82 Å². The highest BCUT2D eigenvalue weighted by atomic mass is 35.5. The van der Waals surface area contributed by atoms with Gasteiger partial charge in [0.15, 0.2) is 5.82 Å². The van der Waals surface area contributed by atoms with Crippen molar-refractivity contribution in [3.63, 3.8) is 0 Å². The number of piperidine rings is 1. The average Bonchev–Trinajstić information content (AvgIpc) is 3.04. The highest BCUT2D eigenvalue weighted by Gasteiger charge is 2.24. The summed E-state index contributed by atoms with van der Waals surface area (Å²) < 4.78 is 14.4. The number of anilines is 1. The third-order valence-corrected chi connectivity index (χ3v) is 5.33. The lowest BCUT2D eigenvalue weighted by Crippen LogP contribution is -2.36. The van der Waals surface area contributed by atoms with Crippen molar-refractivity contribution >= 4 is 35.0 Å². The third kappa shape index (κ3) is 4.03. The first-order chi connectivity index (χ1) is 13.0. The van der Waals surface area contributed by atoms with E-state index in [9.17, 15) is 9.18 Å². The molecule has 0 bridgehead atoms. The summed E-state index contributed by atoms with van der Waals surface area (Å²) in [6.07, 6.45) is 1.70. The molecule has 1 aliphatic rings. The van der Waals surface area contributed by atoms with Crippen molar-refractivity contribution in [3.8, 4) is 11.1 Å². The molecule has 2 aromatic carbocycles. The van der Waals surface area contributed by atoms with Gasteiger partial charge in [-0.2, -0.15) is 5.10 Å². The summed E-state index contributed by atoms with van der Waals surface area (Å²) in [7, 11) is 2.07. The molecule has 1 fully saturated rings. The average molecular weight is 403 g/mol. The quantitative estimate of drug-likeness (QED) is 0.683. The highest BCUT2D eigenvalue weighted by Crippen LogP contribution is 2.30. The maximum Gasteiger partial charge on any atom is 0.228 e. The van der Waals surface area contributed by atoms with Gasteiger partial charge in [-0.15, -0.1) is 12.4 Å². The molecule has 3 aromatic rings. The standard InChI is InChI=1S/C21H23FN4O.ClH/c1-13-3-5-16(18(22)11-13)15-4-6-19-17(12-15)20(25-24-19)23-21(27)14-7-9-26(2)10-8-14;/h3-6,11-12,14H,7-10H2,1-2H3,(H2,23,24,25,27);1H. The number of aryl methyl sites for hydroxylation is 1. The molecular formula is C21H24ClFN4O. The molecule has 5 nitrogen and oxygen atoms in total. The van der Waals surface area contributed by atoms with Gasteiger partial charge in [0.05, 0.1) is 5.52 Å². The SMILES string of the molecule is Cc1ccc(-c2ccc3[nH]nc(NC(=O)C4CCN(C)CC4)c3c2)c(F)c1.Cl. The van der Waals surface area contributed by atoms with E-state index in [2.05, 4.69) is 27.5 Å². The number of hydrogen-bond donors (Lipinski definition) is 2. The molecular weight excluding hydrogens is 379 g/mol. The van der Waals surface area contributed by atoms with Gasteiger partial charge >= 0.3 is 0 Å². The van der Waals surface area contributed by atoms with E-state index in [0.717, 1.165) is 48.0 Å². The molecule has 0 aliphatic carbocycles. The molecule has 1 saturated heterocycles. The first-order valence-corrected chi connectivity index (χ1v) is 9.25. The minimum absolute atomic E-state index is 0. The zero-order valence-corrected chi connectivity index (χ0v) is 16.8. The summed E-state index contributed by atoms with van der Waals surface area (Å²) in [5.74, 6) is 0.257. The molecule has 1 aliphatic heterocycles. The Morgan fingerprint density at radius 1 is 1.21 bits per heavy atom. The van der Waals surface area contributed by atoms with Gasteiger partial charge in [0, 0.05) is 16.9 Å². The Morgan fingerprint density at radius 3 is 2.68 bits per heavy atom. The fourth-order valence-electron chi connectivity index (χ4n) is 3.62. The van der Waals surface area contributed by atoms with Crippen LogP contribution in [0.25, 0.3) is 22.0 Å². The molecule has 0 saturated carbocycles. The second-order valence-corrected chi connectivity index (χ2v) is 7.38. The molecule has 2 N–H and O–H groups in total. The van der Waals surface area contributed by atoms with Gasteiger partial charge in [-0.1, -0.05) is 18.2 Å². The van der Waals surface area contributed by atoms with Crippen LogP contribution >= 0.6 is 12.4 Å². The van der Waals surface area contributed by atoms with Crippen LogP contribution in [0.5, 0.6) is 0 Å². The number of nitrogens with one attached hydrogen (secondary N) is 2. The van der Waals surface area contributed by atoms with Crippen LogP contribution < -0.4 is 5.32 Å². The predicted octanol–water partition coefficient (Wildman–Crippen LogP) is 4.38. The van der Waals surface area contributed by atoms with Crippen LogP contribution in [-0.4, -0.2) is 41.1 Å². The van der Waals surface area contributed by atoms with Crippen molar-refractivity contribution in [3.05, 3.63) is 47.8 Å². The van der Waals surface area contributed by atoms with Gasteiger partial charge in [-0.05, 0) is 69.2 Å². The summed E-state index contributed by atoms with van der Waals surface area (Å²) >= 11 is 0. The molecule has 7 heteroatoms. The van der Waals surface area contributed by atoms with Gasteiger partial charge < -0.3 is 10.2 Å². The molecule has 1 amide bonds. The van der Waals surface area contributed by atoms with Crippen LogP contribution in [0.3, 0.4) is 0 Å². The lowest BCUT2D eigenvalue weighted by atomic mass is 9.96. The van der Waals surface area contributed by atoms with Crippen LogP contribution in [0.15, 0.2) is 36.4 Å². The van der Waals surface area contributed by atoms with Gasteiger partial charge in [-0.25, -0.2) is 4.39 Å². The van der Waals surface area contributed by atoms with Crippen molar-refractivity contribution in [2.24, 2.45) is 5.92 Å². The van der Waals surface area contributed by atoms with Crippen molar-refractivity contribution in [2.45, 2.75) is 19.8 Å². The molecule has 0 spiro atoms. The summed E-state index contributed by atoms with van der Waals surface area (Å²) in [5.41, 5.74) is 2.99. The maximum atomic E-state index is 14.4. The zero-order valence-electron chi connectivity index (χ0n) is 16.0. The van der Waals surface area contributed by atoms with Crippen LogP contribution in [-0.2, 0) is 4.79 Å². The number of halogens is 2. The number of H-pyrrole nitrogens is 1. The Balaban J connectivity index is 0.00000225. The number of likely N-dealkylation sites (tertiary alicyclic amines) is 1. The summed E-state index contributed by atoms with van der Waals surface area (Å²) in [4.78, 5) is 14.9. The topological polar surface area (TPSA) is 61.0 Å². The van der Waals surface area contributed by atoms with E-state index in [1.54, 1.807) is 6.07 Å². The normalized spacial score (nSPS) is 15.4. The first kappa shape index (κ1) is 20.3. The minimum atomic E-state index is -0.255. The van der Waals surface area contributed by atoms with Crippen LogP contribution in [0.1, 0.15) is 18.4 Å². The lowest BCUT2D eigenvalue weighted by Gasteiger charge is -2.27. The van der Waals surface area contributed by atoms with Gasteiger partial charge in [-0.3, -0.25) is 9.89 Å². The predicted molar refractivity (Wildman–Crippen MR) is 112 cm³/mol. The number of amides is 1. The number of nitrogens with zero attached hydrogens (tertiary/aromatic N) is 2. The van der Waals surface area contributed by atoms with Crippen molar-refractivity contribution in [1.82, 2.24) is 15.1 Å². The number of carbonyl (C=O) groups is 1. The second-order valence-electron chi connectivity index (χ2n) is 7.38. The number of benzene rings is 2. The van der Waals surface area contributed by atoms with Crippen molar-refractivity contribution < 1.29 is 9.18 Å². The van der Waals surface area contributed by atoms with Crippen molar-refractivity contribution in [2.75, 3.05) is 25.5 Å². The fourth-order valence-corrected chi connectivity index (χ4v) is 3.62. The second kappa shape index (κ2) is 8.29. The Bertz CT molecular complexity index is 995. The van der Waals surface area contributed by atoms with E-state index in [-0.39, 0.29) is 30.0 Å². The van der Waals surface area contributed by atoms with E-state index in [1.807, 2.05) is 31.2 Å². The fraction of sp³-hybridized carbons (Fsp3) is 0.333. The molecule has 0 unspecified atom stereocenters. The first-order valence-electron chi connectivity index (χ1n) is 9.25. The van der Waals surface area contributed by atoms with E-state index in [1.165, 1.54) is 6.07 Å². The number of hydrogen-bond acceptors (Lipinski definition) is 3. The molecule has 0 atom stereocenters. The number of rotatable bonds is 3. The molecule has 2 heterocycles. The molecule has 0 radical (unpaired) electrons. The molecule has 1 aromatic heterocycles. The van der Waals surface area contributed by atoms with Crippen LogP contribution in [0.2, 0.25) is 0 Å². The Hall–Kier alpha value is -2.44. The number of aromatic nitrogens is 2.